The predicted octanol–water partition coefficient (Wildman–Crippen LogP) is 1.96. The van der Waals surface area contributed by atoms with Crippen LogP contribution < -0.4 is 0 Å². The van der Waals surface area contributed by atoms with Gasteiger partial charge in [-0.2, -0.15) is 0 Å². The Labute approximate surface area is 149 Å². The van der Waals surface area contributed by atoms with Crippen molar-refractivity contribution in [1.29, 1.82) is 0 Å². The van der Waals surface area contributed by atoms with Crippen LogP contribution in [0, 0.1) is 22.7 Å². The van der Waals surface area contributed by atoms with Crippen molar-refractivity contribution in [1.82, 2.24) is 0 Å². The summed E-state index contributed by atoms with van der Waals surface area (Å²) in [5.74, 6) is -0.0734. The molecule has 0 amide bonds. The van der Waals surface area contributed by atoms with Gasteiger partial charge in [-0.25, -0.2) is 4.79 Å². The van der Waals surface area contributed by atoms with Gasteiger partial charge >= 0.3 is 5.97 Å². The molecule has 0 aromatic rings. The van der Waals surface area contributed by atoms with Gasteiger partial charge in [0.1, 0.15) is 12.7 Å². The number of hydrogen-bond donors (Lipinski definition) is 3. The van der Waals surface area contributed by atoms with Crippen molar-refractivity contribution in [2.24, 2.45) is 22.7 Å². The molecule has 2 aliphatic carbocycles. The van der Waals surface area contributed by atoms with Crippen molar-refractivity contribution >= 4 is 5.97 Å². The third kappa shape index (κ3) is 2.86. The summed E-state index contributed by atoms with van der Waals surface area (Å²) in [4.78, 5) is 11.8. The second-order valence-corrected chi connectivity index (χ2v) is 8.54. The lowest BCUT2D eigenvalue weighted by molar-refractivity contribution is -0.151. The summed E-state index contributed by atoms with van der Waals surface area (Å²) in [7, 11) is 0. The molecule has 1 aliphatic heterocycles. The zero-order valence-corrected chi connectivity index (χ0v) is 15.2. The summed E-state index contributed by atoms with van der Waals surface area (Å²) >= 11 is 0. The molecule has 3 fully saturated rings. The van der Waals surface area contributed by atoms with Gasteiger partial charge < -0.3 is 20.1 Å². The van der Waals surface area contributed by atoms with Gasteiger partial charge in [-0.05, 0) is 49.4 Å². The summed E-state index contributed by atoms with van der Waals surface area (Å²) in [6.45, 7) is 8.50. The normalized spacial score (nSPS) is 46.2. The first-order valence-corrected chi connectivity index (χ1v) is 9.26. The predicted molar refractivity (Wildman–Crippen MR) is 93.6 cm³/mol. The number of allylic oxidation sites excluding steroid dienone is 2. The van der Waals surface area contributed by atoms with E-state index in [-0.39, 0.29) is 30.5 Å². The van der Waals surface area contributed by atoms with Crippen molar-refractivity contribution in [3.05, 3.63) is 23.8 Å². The van der Waals surface area contributed by atoms with E-state index in [2.05, 4.69) is 13.5 Å². The number of cyclic esters (lactones) is 1. The Hall–Kier alpha value is -1.17. The van der Waals surface area contributed by atoms with Crippen molar-refractivity contribution < 1.29 is 24.9 Å². The lowest BCUT2D eigenvalue weighted by Crippen LogP contribution is -2.57. The van der Waals surface area contributed by atoms with Crippen LogP contribution in [0.15, 0.2) is 23.8 Å². The van der Waals surface area contributed by atoms with E-state index >= 15 is 0 Å². The number of hydrogen-bond acceptors (Lipinski definition) is 5. The average molecular weight is 350 g/mol. The monoisotopic (exact) mass is 350 g/mol. The third-order valence-electron chi connectivity index (χ3n) is 7.23. The maximum Gasteiger partial charge on any atom is 0.336 e. The third-order valence-corrected chi connectivity index (χ3v) is 7.23. The van der Waals surface area contributed by atoms with E-state index in [0.29, 0.717) is 18.4 Å². The number of aliphatic hydroxyl groups excluding tert-OH is 3. The second kappa shape index (κ2) is 6.53. The lowest BCUT2D eigenvalue weighted by atomic mass is 9.46. The van der Waals surface area contributed by atoms with Crippen LogP contribution in [0.25, 0.3) is 0 Å². The summed E-state index contributed by atoms with van der Waals surface area (Å²) < 4.78 is 4.90. The number of aliphatic hydroxyl groups is 3. The highest BCUT2D eigenvalue weighted by Gasteiger charge is 2.57. The maximum absolute atomic E-state index is 11.8. The van der Waals surface area contributed by atoms with Crippen LogP contribution in [-0.4, -0.2) is 46.7 Å². The molecule has 3 N–H and O–H groups in total. The smallest absolute Gasteiger partial charge is 0.336 e. The maximum atomic E-state index is 11.8. The van der Waals surface area contributed by atoms with E-state index in [1.165, 1.54) is 0 Å². The van der Waals surface area contributed by atoms with Crippen LogP contribution in [0.5, 0.6) is 0 Å². The van der Waals surface area contributed by atoms with E-state index in [1.54, 1.807) is 0 Å². The Morgan fingerprint density at radius 3 is 2.64 bits per heavy atom. The van der Waals surface area contributed by atoms with Crippen LogP contribution in [0.3, 0.4) is 0 Å². The van der Waals surface area contributed by atoms with E-state index in [4.69, 9.17) is 4.74 Å². The van der Waals surface area contributed by atoms with Gasteiger partial charge in [0.25, 0.3) is 0 Å². The minimum absolute atomic E-state index is 0.0280. The molecule has 2 saturated carbocycles. The number of rotatable bonds is 3. The Balaban J connectivity index is 1.89. The van der Waals surface area contributed by atoms with Crippen molar-refractivity contribution in [2.45, 2.75) is 58.2 Å². The molecule has 140 valence electrons. The Morgan fingerprint density at radius 2 is 2.04 bits per heavy atom. The van der Waals surface area contributed by atoms with Gasteiger partial charge in [0, 0.05) is 5.41 Å². The largest absolute Gasteiger partial charge is 0.459 e. The van der Waals surface area contributed by atoms with Gasteiger partial charge in [-0.15, -0.1) is 0 Å². The molecule has 25 heavy (non-hydrogen) atoms. The zero-order chi connectivity index (χ0) is 18.4. The minimum Gasteiger partial charge on any atom is -0.459 e. The van der Waals surface area contributed by atoms with Gasteiger partial charge in [0.15, 0.2) is 0 Å². The fourth-order valence-electron chi connectivity index (χ4n) is 5.56. The second-order valence-electron chi connectivity index (χ2n) is 8.54. The van der Waals surface area contributed by atoms with Crippen molar-refractivity contribution in [3.63, 3.8) is 0 Å². The summed E-state index contributed by atoms with van der Waals surface area (Å²) in [5, 5.41) is 30.4. The summed E-state index contributed by atoms with van der Waals surface area (Å²) in [5.41, 5.74) is 0.911. The number of carbonyl (C=O) groups is 1. The molecule has 2 unspecified atom stereocenters. The first kappa shape index (κ1) is 18.6. The van der Waals surface area contributed by atoms with Gasteiger partial charge in [0.2, 0.25) is 0 Å². The van der Waals surface area contributed by atoms with Gasteiger partial charge in [-0.3, -0.25) is 0 Å². The minimum atomic E-state index is -0.844. The molecule has 1 saturated heterocycles. The first-order chi connectivity index (χ1) is 11.7. The average Bonchev–Trinajstić information content (AvgIpc) is 2.89. The van der Waals surface area contributed by atoms with Crippen LogP contribution in [0.2, 0.25) is 0 Å². The highest BCUT2D eigenvalue weighted by atomic mass is 16.6. The number of fused-ring (bicyclic) bond motifs is 1. The molecule has 0 bridgehead atoms. The number of esters is 1. The molecule has 0 aromatic heterocycles. The molecule has 5 heteroatoms. The topological polar surface area (TPSA) is 87.0 Å². The molecule has 1 heterocycles. The lowest BCUT2D eigenvalue weighted by Gasteiger charge is -2.59. The molecule has 0 radical (unpaired) electrons. The molecule has 0 aromatic carbocycles. The molecular formula is C20H30O5. The zero-order valence-electron chi connectivity index (χ0n) is 15.2. The van der Waals surface area contributed by atoms with Crippen molar-refractivity contribution in [3.8, 4) is 0 Å². The molecule has 5 nitrogen and oxygen atoms in total. The molecule has 0 spiro atoms. The molecule has 3 rings (SSSR count). The van der Waals surface area contributed by atoms with E-state index in [9.17, 15) is 20.1 Å². The van der Waals surface area contributed by atoms with Crippen LogP contribution in [-0.2, 0) is 9.53 Å². The molecule has 6 atom stereocenters. The molecule has 3 aliphatic rings. The Morgan fingerprint density at radius 1 is 1.32 bits per heavy atom. The Kier molecular flexibility index (Phi) is 4.86. The van der Waals surface area contributed by atoms with E-state index in [1.807, 2.05) is 13.0 Å². The van der Waals surface area contributed by atoms with E-state index < -0.39 is 23.6 Å². The van der Waals surface area contributed by atoms with Crippen LogP contribution in [0.4, 0.5) is 0 Å². The van der Waals surface area contributed by atoms with E-state index in [0.717, 1.165) is 24.8 Å². The van der Waals surface area contributed by atoms with Gasteiger partial charge in [0.05, 0.1) is 18.3 Å². The van der Waals surface area contributed by atoms with Crippen LogP contribution >= 0.6 is 0 Å². The number of carbonyl (C=O) groups excluding carboxylic acids is 1. The Bertz CT molecular complexity index is 597. The fraction of sp³-hybridized carbons (Fsp3) is 0.750. The van der Waals surface area contributed by atoms with Crippen molar-refractivity contribution in [2.75, 3.05) is 13.2 Å². The first-order valence-electron chi connectivity index (χ1n) is 9.26. The highest BCUT2D eigenvalue weighted by molar-refractivity contribution is 5.91. The summed E-state index contributed by atoms with van der Waals surface area (Å²) in [6.07, 6.45) is 4.42. The quantitative estimate of drug-likeness (QED) is 0.411. The SMILES string of the molecule is C=C1CC[C@@H]2C(C)(CO)[C@H](O)CC[C@@]2(C)[C@@H]1CC=C1C(=O)OCC1O. The fourth-order valence-corrected chi connectivity index (χ4v) is 5.56. The highest BCUT2D eigenvalue weighted by Crippen LogP contribution is 2.61. The van der Waals surface area contributed by atoms with Gasteiger partial charge in [-0.1, -0.05) is 32.1 Å². The molecular weight excluding hydrogens is 320 g/mol. The number of ether oxygens (including phenoxy) is 1. The standard InChI is InChI=1S/C20H30O5/c1-12-4-7-16-19(2,9-8-17(23)20(16,3)11-21)14(12)6-5-13-15(22)10-25-18(13)24/h5,14-17,21-23H,1,4,6-11H2,2-3H3/t14-,15?,16+,17-,19+,20?/m1/s1. The van der Waals surface area contributed by atoms with Crippen LogP contribution in [0.1, 0.15) is 46.0 Å². The summed E-state index contributed by atoms with van der Waals surface area (Å²) in [6, 6.07) is 0.